The monoisotopic (exact) mass is 979 g/mol. The Balaban J connectivity index is 4.58. The van der Waals surface area contributed by atoms with Crippen molar-refractivity contribution in [1.82, 2.24) is 0 Å². The van der Waals surface area contributed by atoms with Crippen molar-refractivity contribution in [3.8, 4) is 0 Å². The van der Waals surface area contributed by atoms with E-state index in [9.17, 15) is 14.4 Å². The molecule has 0 aromatic rings. The highest BCUT2D eigenvalue weighted by Gasteiger charge is 2.19. The maximum absolute atomic E-state index is 12.8. The van der Waals surface area contributed by atoms with E-state index in [1.165, 1.54) is 89.9 Å². The average Bonchev–Trinajstić information content (AvgIpc) is 3.37. The van der Waals surface area contributed by atoms with Gasteiger partial charge in [-0.2, -0.15) is 0 Å². The van der Waals surface area contributed by atoms with Crippen LogP contribution in [0.25, 0.3) is 0 Å². The van der Waals surface area contributed by atoms with Crippen LogP contribution in [0.1, 0.15) is 226 Å². The summed E-state index contributed by atoms with van der Waals surface area (Å²) in [5.74, 6) is -1.04. The Labute approximate surface area is 436 Å². The lowest BCUT2D eigenvalue weighted by molar-refractivity contribution is -0.167. The van der Waals surface area contributed by atoms with Crippen LogP contribution in [0.3, 0.4) is 0 Å². The smallest absolute Gasteiger partial charge is 0.306 e. The molecular weight excluding hydrogens is 877 g/mol. The molecule has 1 atom stereocenters. The molecule has 0 aliphatic carbocycles. The second kappa shape index (κ2) is 57.9. The molecule has 0 aliphatic heterocycles. The normalized spacial score (nSPS) is 13.2. The average molecular weight is 980 g/mol. The third-order valence-electron chi connectivity index (χ3n) is 11.5. The van der Waals surface area contributed by atoms with E-state index >= 15 is 0 Å². The predicted molar refractivity (Wildman–Crippen MR) is 306 cm³/mol. The van der Waals surface area contributed by atoms with Gasteiger partial charge in [-0.3, -0.25) is 14.4 Å². The van der Waals surface area contributed by atoms with Gasteiger partial charge in [0.1, 0.15) is 13.2 Å². The predicted octanol–water partition coefficient (Wildman–Crippen LogP) is 19.2. The number of carbonyl (C=O) groups excluding carboxylic acids is 3. The minimum absolute atomic E-state index is 0.122. The Bertz CT molecular complexity index is 1590. The fourth-order valence-corrected chi connectivity index (χ4v) is 7.27. The van der Waals surface area contributed by atoms with E-state index in [0.717, 1.165) is 83.5 Å². The number of unbranched alkanes of at least 4 members (excludes halogenated alkanes) is 19. The highest BCUT2D eigenvalue weighted by Crippen LogP contribution is 2.14. The summed E-state index contributed by atoms with van der Waals surface area (Å²) < 4.78 is 16.8. The first-order valence-corrected chi connectivity index (χ1v) is 28.4. The van der Waals surface area contributed by atoms with Crippen LogP contribution in [0.15, 0.2) is 146 Å². The Hall–Kier alpha value is -4.71. The molecule has 0 saturated heterocycles. The molecule has 0 saturated carbocycles. The van der Waals surface area contributed by atoms with E-state index < -0.39 is 6.10 Å². The second-order valence-electron chi connectivity index (χ2n) is 18.2. The standard InChI is InChI=1S/C65H102O6/c1-4-7-10-13-16-19-22-25-28-31-32-35-37-40-43-46-49-52-55-58-64(67)70-61-62(71-65(68)59-56-53-50-47-44-41-38-34-30-27-24-21-18-15-12-9-6-3)60-69-63(66)57-54-51-48-45-42-39-36-33-29-26-23-20-17-14-11-8-5-2/h8-9,11-12,15,17-18,20-21,24,26-27,29-32,34,36,38-39,41,44-45,48,62H,4-7,10,13-14,16,19,22-23,25,28,33,35,37,40,42-43,46-47,49-61H2,1-3H3/b11-8-,12-9-,18-15-,20-17-,24-21-,29-26-,30-27-,32-31-,38-34+,39-36-,44-41-,48-45-. The fraction of sp³-hybridized carbons (Fsp3) is 0.585. The highest BCUT2D eigenvalue weighted by molar-refractivity contribution is 5.71. The number of carbonyl (C=O) groups is 3. The molecular formula is C65H102O6. The third kappa shape index (κ3) is 56.1. The number of ether oxygens (including phenoxy) is 3. The maximum Gasteiger partial charge on any atom is 0.306 e. The lowest BCUT2D eigenvalue weighted by atomic mass is 10.1. The summed E-state index contributed by atoms with van der Waals surface area (Å²) in [6, 6.07) is 0. The van der Waals surface area contributed by atoms with E-state index in [2.05, 4.69) is 106 Å². The van der Waals surface area contributed by atoms with Gasteiger partial charge < -0.3 is 14.2 Å². The quantitative estimate of drug-likeness (QED) is 0.0199. The topological polar surface area (TPSA) is 78.9 Å². The number of rotatable bonds is 49. The van der Waals surface area contributed by atoms with Crippen LogP contribution in [0.2, 0.25) is 0 Å². The molecule has 6 nitrogen and oxygen atoms in total. The molecule has 1 unspecified atom stereocenters. The molecule has 0 rings (SSSR count). The van der Waals surface area contributed by atoms with Gasteiger partial charge in [0.25, 0.3) is 0 Å². The molecule has 0 aromatic heterocycles. The number of hydrogen-bond donors (Lipinski definition) is 0. The fourth-order valence-electron chi connectivity index (χ4n) is 7.27. The molecule has 0 spiro atoms. The van der Waals surface area contributed by atoms with Crippen molar-refractivity contribution >= 4 is 17.9 Å². The summed E-state index contributed by atoms with van der Waals surface area (Å²) >= 11 is 0. The number of allylic oxidation sites excluding steroid dienone is 24. The zero-order valence-corrected chi connectivity index (χ0v) is 45.4. The first-order valence-electron chi connectivity index (χ1n) is 28.4. The first kappa shape index (κ1) is 66.3. The molecule has 71 heavy (non-hydrogen) atoms. The molecule has 0 heterocycles. The lowest BCUT2D eigenvalue weighted by Gasteiger charge is -2.18. The van der Waals surface area contributed by atoms with Crippen molar-refractivity contribution in [3.63, 3.8) is 0 Å². The van der Waals surface area contributed by atoms with Crippen LogP contribution < -0.4 is 0 Å². The molecule has 0 amide bonds. The highest BCUT2D eigenvalue weighted by atomic mass is 16.6. The van der Waals surface area contributed by atoms with Gasteiger partial charge in [0.2, 0.25) is 0 Å². The van der Waals surface area contributed by atoms with Gasteiger partial charge in [-0.25, -0.2) is 0 Å². The third-order valence-corrected chi connectivity index (χ3v) is 11.5. The molecule has 398 valence electrons. The van der Waals surface area contributed by atoms with Crippen molar-refractivity contribution in [2.24, 2.45) is 0 Å². The molecule has 0 N–H and O–H groups in total. The molecule has 0 aromatic carbocycles. The van der Waals surface area contributed by atoms with E-state index in [4.69, 9.17) is 14.2 Å². The van der Waals surface area contributed by atoms with Crippen LogP contribution in [-0.4, -0.2) is 37.2 Å². The summed E-state index contributed by atoms with van der Waals surface area (Å²) in [7, 11) is 0. The SMILES string of the molecule is CC\C=C/C=C\C=C/C=C\C=C\C=C/CCCCCC(=O)OC(COC(=O)CCC/C=C\C/C=C\C/C=C\C/C=C\C/C=C\CC)COC(=O)CCCCCCCCC/C=C\CCCCCCCCCC. The van der Waals surface area contributed by atoms with Crippen LogP contribution in [0.4, 0.5) is 0 Å². The summed E-state index contributed by atoms with van der Waals surface area (Å²) in [6.07, 6.45) is 82.7. The van der Waals surface area contributed by atoms with E-state index in [1.54, 1.807) is 0 Å². The Kier molecular flexibility index (Phi) is 54.0. The maximum atomic E-state index is 12.8. The Morgan fingerprint density at radius 3 is 1.11 bits per heavy atom. The van der Waals surface area contributed by atoms with Gasteiger partial charge in [0.05, 0.1) is 0 Å². The first-order chi connectivity index (χ1) is 35.0. The molecule has 0 aliphatic rings. The van der Waals surface area contributed by atoms with Gasteiger partial charge in [-0.1, -0.05) is 250 Å². The van der Waals surface area contributed by atoms with Gasteiger partial charge in [-0.15, -0.1) is 0 Å². The molecule has 0 radical (unpaired) electrons. The van der Waals surface area contributed by atoms with Crippen LogP contribution in [0, 0.1) is 0 Å². The van der Waals surface area contributed by atoms with Gasteiger partial charge in [-0.05, 0) is 103 Å². The van der Waals surface area contributed by atoms with E-state index in [-0.39, 0.29) is 44.0 Å². The molecule has 6 heteroatoms. The summed E-state index contributed by atoms with van der Waals surface area (Å²) in [5.41, 5.74) is 0. The minimum atomic E-state index is -0.833. The Morgan fingerprint density at radius 2 is 0.634 bits per heavy atom. The largest absolute Gasteiger partial charge is 0.462 e. The summed E-state index contributed by atoms with van der Waals surface area (Å²) in [4.78, 5) is 38.1. The number of hydrogen-bond acceptors (Lipinski definition) is 6. The minimum Gasteiger partial charge on any atom is -0.462 e. The van der Waals surface area contributed by atoms with Crippen molar-refractivity contribution in [1.29, 1.82) is 0 Å². The molecule has 0 fully saturated rings. The lowest BCUT2D eigenvalue weighted by Crippen LogP contribution is -2.30. The number of esters is 3. The Morgan fingerprint density at radius 1 is 0.310 bits per heavy atom. The van der Waals surface area contributed by atoms with E-state index in [1.807, 2.05) is 60.8 Å². The van der Waals surface area contributed by atoms with Crippen molar-refractivity contribution in [2.75, 3.05) is 13.2 Å². The second-order valence-corrected chi connectivity index (χ2v) is 18.2. The van der Waals surface area contributed by atoms with Gasteiger partial charge >= 0.3 is 17.9 Å². The van der Waals surface area contributed by atoms with Gasteiger partial charge in [0, 0.05) is 19.3 Å². The van der Waals surface area contributed by atoms with Crippen LogP contribution in [0.5, 0.6) is 0 Å². The zero-order chi connectivity index (χ0) is 51.4. The summed E-state index contributed by atoms with van der Waals surface area (Å²) in [6.45, 7) is 6.28. The van der Waals surface area contributed by atoms with Crippen LogP contribution >= 0.6 is 0 Å². The van der Waals surface area contributed by atoms with Crippen molar-refractivity contribution < 1.29 is 28.6 Å². The van der Waals surface area contributed by atoms with Gasteiger partial charge in [0.15, 0.2) is 6.10 Å². The van der Waals surface area contributed by atoms with Crippen molar-refractivity contribution in [2.45, 2.75) is 232 Å². The summed E-state index contributed by atoms with van der Waals surface area (Å²) in [5, 5.41) is 0. The van der Waals surface area contributed by atoms with Crippen molar-refractivity contribution in [3.05, 3.63) is 146 Å². The van der Waals surface area contributed by atoms with E-state index in [0.29, 0.717) is 19.3 Å². The molecule has 0 bridgehead atoms. The van der Waals surface area contributed by atoms with Crippen LogP contribution in [-0.2, 0) is 28.6 Å². The zero-order valence-electron chi connectivity index (χ0n) is 45.4.